The van der Waals surface area contributed by atoms with Gasteiger partial charge >= 0.3 is 0 Å². The van der Waals surface area contributed by atoms with Crippen molar-refractivity contribution >= 4 is 28.1 Å². The van der Waals surface area contributed by atoms with Crippen LogP contribution in [-0.4, -0.2) is 32.2 Å². The molecular formula is C22H16BrN5O2. The first-order valence-corrected chi connectivity index (χ1v) is 9.79. The molecule has 0 unspecified atom stereocenters. The van der Waals surface area contributed by atoms with Crippen LogP contribution in [0.5, 0.6) is 5.75 Å². The topological polar surface area (TPSA) is 92.4 Å². The molecule has 1 aromatic heterocycles. The Kier molecular flexibility index (Phi) is 5.67. The Morgan fingerprint density at radius 2 is 1.90 bits per heavy atom. The van der Waals surface area contributed by atoms with E-state index in [1.807, 2.05) is 54.6 Å². The Balaban J connectivity index is 1.48. The van der Waals surface area contributed by atoms with Crippen LogP contribution in [0, 0.1) is 0 Å². The molecule has 0 fully saturated rings. The lowest BCUT2D eigenvalue weighted by molar-refractivity contribution is 0.0952. The number of hydrogen-bond acceptors (Lipinski definition) is 5. The van der Waals surface area contributed by atoms with Gasteiger partial charge in [0.05, 0.1) is 23.7 Å². The number of rotatable bonds is 5. The third-order valence-electron chi connectivity index (χ3n) is 4.28. The van der Waals surface area contributed by atoms with Gasteiger partial charge in [0.2, 0.25) is 0 Å². The van der Waals surface area contributed by atoms with Gasteiger partial charge in [0.1, 0.15) is 11.4 Å². The number of benzene rings is 3. The van der Waals surface area contributed by atoms with Gasteiger partial charge < -0.3 is 5.11 Å². The third kappa shape index (κ3) is 4.44. The zero-order chi connectivity index (χ0) is 20.9. The molecule has 148 valence electrons. The van der Waals surface area contributed by atoms with E-state index in [1.165, 1.54) is 23.0 Å². The van der Waals surface area contributed by atoms with Gasteiger partial charge in [0.15, 0.2) is 0 Å². The number of hydrazone groups is 1. The second-order valence-corrected chi connectivity index (χ2v) is 7.29. The molecule has 1 heterocycles. The minimum Gasteiger partial charge on any atom is -0.507 e. The number of amides is 1. The number of carbonyl (C=O) groups excluding carboxylic acids is 1. The van der Waals surface area contributed by atoms with Crippen molar-refractivity contribution < 1.29 is 9.90 Å². The maximum Gasteiger partial charge on any atom is 0.275 e. The summed E-state index contributed by atoms with van der Waals surface area (Å²) < 4.78 is 2.45. The van der Waals surface area contributed by atoms with Crippen LogP contribution in [0.4, 0.5) is 0 Å². The lowest BCUT2D eigenvalue weighted by Crippen LogP contribution is -2.17. The number of nitrogens with zero attached hydrogens (tertiary/aromatic N) is 4. The quantitative estimate of drug-likeness (QED) is 0.344. The summed E-state index contributed by atoms with van der Waals surface area (Å²) in [6, 6.07) is 21.8. The molecular weight excluding hydrogens is 446 g/mol. The van der Waals surface area contributed by atoms with Crippen LogP contribution in [-0.2, 0) is 0 Å². The summed E-state index contributed by atoms with van der Waals surface area (Å²) in [4.78, 5) is 12.3. The smallest absolute Gasteiger partial charge is 0.275 e. The van der Waals surface area contributed by atoms with Crippen LogP contribution < -0.4 is 5.43 Å². The van der Waals surface area contributed by atoms with Crippen molar-refractivity contribution in [3.05, 3.63) is 94.6 Å². The van der Waals surface area contributed by atoms with Gasteiger partial charge in [-0.05, 0) is 29.8 Å². The fourth-order valence-electron chi connectivity index (χ4n) is 2.80. The van der Waals surface area contributed by atoms with Crippen molar-refractivity contribution in [2.75, 3.05) is 0 Å². The highest BCUT2D eigenvalue weighted by atomic mass is 79.9. The Labute approximate surface area is 180 Å². The Bertz CT molecular complexity index is 1220. The number of aromatic nitrogens is 3. The summed E-state index contributed by atoms with van der Waals surface area (Å²) in [6.07, 6.45) is 3.28. The Morgan fingerprint density at radius 1 is 1.07 bits per heavy atom. The first-order valence-electron chi connectivity index (χ1n) is 9.00. The number of phenolic OH excluding ortho intramolecular Hbond substituents is 1. The van der Waals surface area contributed by atoms with E-state index in [0.717, 1.165) is 15.6 Å². The Hall–Kier alpha value is -3.78. The van der Waals surface area contributed by atoms with Crippen LogP contribution in [0.1, 0.15) is 15.9 Å². The second-order valence-electron chi connectivity index (χ2n) is 6.37. The van der Waals surface area contributed by atoms with Crippen LogP contribution in [0.15, 0.2) is 88.6 Å². The molecule has 8 heteroatoms. The van der Waals surface area contributed by atoms with Gasteiger partial charge in [-0.1, -0.05) is 63.6 Å². The van der Waals surface area contributed by atoms with E-state index >= 15 is 0 Å². The van der Waals surface area contributed by atoms with E-state index in [2.05, 4.69) is 36.8 Å². The van der Waals surface area contributed by atoms with E-state index in [4.69, 9.17) is 0 Å². The molecule has 0 spiro atoms. The predicted molar refractivity (Wildman–Crippen MR) is 118 cm³/mol. The van der Waals surface area contributed by atoms with Crippen molar-refractivity contribution in [2.45, 2.75) is 0 Å². The first kappa shape index (κ1) is 19.5. The van der Waals surface area contributed by atoms with Crippen molar-refractivity contribution in [3.63, 3.8) is 0 Å². The number of halogens is 1. The summed E-state index contributed by atoms with van der Waals surface area (Å²) in [7, 11) is 0. The zero-order valence-electron chi connectivity index (χ0n) is 15.6. The molecule has 0 aliphatic heterocycles. The molecule has 0 saturated carbocycles. The lowest BCUT2D eigenvalue weighted by Gasteiger charge is -2.06. The predicted octanol–water partition coefficient (Wildman–Crippen LogP) is 4.17. The number of hydrogen-bond donors (Lipinski definition) is 2. The minimum absolute atomic E-state index is 0.105. The van der Waals surface area contributed by atoms with Crippen molar-refractivity contribution in [3.8, 4) is 22.7 Å². The Morgan fingerprint density at radius 3 is 2.67 bits per heavy atom. The van der Waals surface area contributed by atoms with Gasteiger partial charge in [0.25, 0.3) is 5.91 Å². The SMILES string of the molecule is O=C(NN=Cc1cccc(Br)c1)c1ccc(-n2cc(-c3ccccc3)nn2)cc1O. The van der Waals surface area contributed by atoms with E-state index < -0.39 is 5.91 Å². The molecule has 0 bridgehead atoms. The van der Waals surface area contributed by atoms with Gasteiger partial charge in [-0.15, -0.1) is 5.10 Å². The van der Waals surface area contributed by atoms with Gasteiger partial charge in [-0.25, -0.2) is 10.1 Å². The second kappa shape index (κ2) is 8.71. The maximum absolute atomic E-state index is 12.3. The summed E-state index contributed by atoms with van der Waals surface area (Å²) in [5.74, 6) is -0.701. The molecule has 0 aliphatic rings. The molecule has 1 amide bonds. The van der Waals surface area contributed by atoms with E-state index in [0.29, 0.717) is 11.4 Å². The van der Waals surface area contributed by atoms with Crippen LogP contribution in [0.2, 0.25) is 0 Å². The standard InChI is InChI=1S/C22H16BrN5O2/c23-17-8-4-5-15(11-17)13-24-26-22(30)19-10-9-18(12-21(19)29)28-14-20(25-27-28)16-6-2-1-3-7-16/h1-14,29H,(H,26,30). The molecule has 4 rings (SSSR count). The molecule has 30 heavy (non-hydrogen) atoms. The van der Waals surface area contributed by atoms with Crippen LogP contribution >= 0.6 is 15.9 Å². The average molecular weight is 462 g/mol. The number of carbonyl (C=O) groups is 1. The number of aromatic hydroxyl groups is 1. The molecule has 3 aromatic carbocycles. The summed E-state index contributed by atoms with van der Waals surface area (Å²) in [5, 5.41) is 22.5. The molecule has 2 N–H and O–H groups in total. The van der Waals surface area contributed by atoms with E-state index in [9.17, 15) is 9.90 Å². The minimum atomic E-state index is -0.520. The summed E-state index contributed by atoms with van der Waals surface area (Å²) >= 11 is 3.38. The zero-order valence-corrected chi connectivity index (χ0v) is 17.2. The molecule has 0 saturated heterocycles. The fourth-order valence-corrected chi connectivity index (χ4v) is 3.22. The largest absolute Gasteiger partial charge is 0.507 e. The van der Waals surface area contributed by atoms with Crippen molar-refractivity contribution in [1.29, 1.82) is 0 Å². The van der Waals surface area contributed by atoms with Gasteiger partial charge in [0, 0.05) is 16.1 Å². The van der Waals surface area contributed by atoms with E-state index in [1.54, 1.807) is 12.3 Å². The summed E-state index contributed by atoms with van der Waals surface area (Å²) in [6.45, 7) is 0. The first-order chi connectivity index (χ1) is 14.6. The van der Waals surface area contributed by atoms with Crippen LogP contribution in [0.25, 0.3) is 16.9 Å². The molecule has 4 aromatic rings. The monoisotopic (exact) mass is 461 g/mol. The van der Waals surface area contributed by atoms with Crippen molar-refractivity contribution in [2.24, 2.45) is 5.10 Å². The summed E-state index contributed by atoms with van der Waals surface area (Å²) in [5.41, 5.74) is 5.57. The number of phenols is 1. The van der Waals surface area contributed by atoms with Crippen LogP contribution in [0.3, 0.4) is 0 Å². The average Bonchev–Trinajstić information content (AvgIpc) is 3.25. The fraction of sp³-hybridized carbons (Fsp3) is 0. The van der Waals surface area contributed by atoms with Crippen molar-refractivity contribution in [1.82, 2.24) is 20.4 Å². The third-order valence-corrected chi connectivity index (χ3v) is 4.78. The maximum atomic E-state index is 12.3. The molecule has 7 nitrogen and oxygen atoms in total. The highest BCUT2D eigenvalue weighted by Crippen LogP contribution is 2.23. The number of nitrogens with one attached hydrogen (secondary N) is 1. The molecule has 0 aliphatic carbocycles. The molecule has 0 atom stereocenters. The highest BCUT2D eigenvalue weighted by molar-refractivity contribution is 9.10. The molecule has 0 radical (unpaired) electrons. The van der Waals surface area contributed by atoms with Gasteiger partial charge in [-0.2, -0.15) is 5.10 Å². The lowest BCUT2D eigenvalue weighted by atomic mass is 10.1. The van der Waals surface area contributed by atoms with E-state index in [-0.39, 0.29) is 11.3 Å². The highest BCUT2D eigenvalue weighted by Gasteiger charge is 2.13. The van der Waals surface area contributed by atoms with Gasteiger partial charge in [-0.3, -0.25) is 4.79 Å². The normalized spacial score (nSPS) is 11.0.